The van der Waals surface area contributed by atoms with Gasteiger partial charge in [0.25, 0.3) is 0 Å². The lowest BCUT2D eigenvalue weighted by Crippen LogP contribution is -2.26. The van der Waals surface area contributed by atoms with Gasteiger partial charge < -0.3 is 10.6 Å². The first kappa shape index (κ1) is 14.3. The minimum atomic E-state index is -0.428. The Kier molecular flexibility index (Phi) is 3.55. The van der Waals surface area contributed by atoms with Gasteiger partial charge in [0.15, 0.2) is 4.34 Å². The van der Waals surface area contributed by atoms with Gasteiger partial charge in [0.2, 0.25) is 5.91 Å². The zero-order chi connectivity index (χ0) is 15.8. The molecule has 3 aromatic rings. The van der Waals surface area contributed by atoms with E-state index in [1.807, 2.05) is 48.5 Å². The average molecular weight is 339 g/mol. The highest BCUT2D eigenvalue weighted by molar-refractivity contribution is 8.02. The van der Waals surface area contributed by atoms with Crippen LogP contribution in [-0.2, 0) is 4.79 Å². The summed E-state index contributed by atoms with van der Waals surface area (Å²) in [4.78, 5) is 17.1. The molecule has 1 aliphatic rings. The van der Waals surface area contributed by atoms with Crippen LogP contribution in [0.25, 0.3) is 10.2 Å². The third-order valence-electron chi connectivity index (χ3n) is 3.53. The fourth-order valence-electron chi connectivity index (χ4n) is 2.42. The van der Waals surface area contributed by atoms with E-state index in [1.54, 1.807) is 11.3 Å². The molecule has 1 aliphatic heterocycles. The Balaban J connectivity index is 1.63. The smallest absolute Gasteiger partial charge is 0.244 e. The number of thioether (sulfide) groups is 1. The number of carbonyl (C=O) groups excluding carboxylic acids is 1. The van der Waals surface area contributed by atoms with Gasteiger partial charge in [-0.1, -0.05) is 42.6 Å². The first-order chi connectivity index (χ1) is 11.2. The van der Waals surface area contributed by atoms with Crippen molar-refractivity contribution in [3.63, 3.8) is 0 Å². The second kappa shape index (κ2) is 5.72. The lowest BCUT2D eigenvalue weighted by Gasteiger charge is -2.13. The van der Waals surface area contributed by atoms with Crippen molar-refractivity contribution in [1.82, 2.24) is 4.98 Å². The number of nitrogens with zero attached hydrogens (tertiary/aromatic N) is 1. The summed E-state index contributed by atoms with van der Waals surface area (Å²) in [7, 11) is 0. The number of nitrogens with one attached hydrogen (secondary N) is 2. The van der Waals surface area contributed by atoms with Crippen LogP contribution in [0.4, 0.5) is 11.4 Å². The number of hydrogen-bond donors (Lipinski definition) is 2. The topological polar surface area (TPSA) is 54.0 Å². The molecule has 2 aromatic carbocycles. The molecule has 2 heterocycles. The second-order valence-electron chi connectivity index (χ2n) is 5.13. The van der Waals surface area contributed by atoms with Gasteiger partial charge in [-0.15, -0.1) is 11.3 Å². The summed E-state index contributed by atoms with van der Waals surface area (Å²) in [5.74, 6) is -0.0864. The van der Waals surface area contributed by atoms with E-state index in [2.05, 4.69) is 22.2 Å². The molecule has 0 saturated carbocycles. The summed E-state index contributed by atoms with van der Waals surface area (Å²) >= 11 is 3.01. The van der Waals surface area contributed by atoms with Crippen LogP contribution >= 0.6 is 23.1 Å². The predicted octanol–water partition coefficient (Wildman–Crippen LogP) is 4.33. The van der Waals surface area contributed by atoms with E-state index in [4.69, 9.17) is 0 Å². The minimum Gasteiger partial charge on any atom is -0.356 e. The Morgan fingerprint density at radius 1 is 1.04 bits per heavy atom. The van der Waals surface area contributed by atoms with E-state index in [9.17, 15) is 4.79 Å². The number of carbonyl (C=O) groups is 1. The average Bonchev–Trinajstić information content (AvgIpc) is 2.91. The molecule has 4 rings (SSSR count). The molecule has 0 fully saturated rings. The highest BCUT2D eigenvalue weighted by Crippen LogP contribution is 2.37. The fourth-order valence-corrected chi connectivity index (χ4v) is 4.59. The number of hydrogen-bond acceptors (Lipinski definition) is 5. The predicted molar refractivity (Wildman–Crippen MR) is 97.1 cm³/mol. The van der Waals surface area contributed by atoms with Crippen LogP contribution in [-0.4, -0.2) is 16.1 Å². The molecule has 0 bridgehead atoms. The molecule has 1 atom stereocenters. The van der Waals surface area contributed by atoms with Gasteiger partial charge in [-0.3, -0.25) is 4.79 Å². The third-order valence-corrected chi connectivity index (χ3v) is 5.92. The van der Waals surface area contributed by atoms with Crippen LogP contribution in [0.5, 0.6) is 0 Å². The Morgan fingerprint density at radius 3 is 2.52 bits per heavy atom. The molecule has 1 unspecified atom stereocenters. The van der Waals surface area contributed by atoms with E-state index >= 15 is 0 Å². The Hall–Kier alpha value is -2.31. The van der Waals surface area contributed by atoms with Crippen LogP contribution in [0.15, 0.2) is 65.1 Å². The quantitative estimate of drug-likeness (QED) is 0.729. The number of amides is 1. The van der Waals surface area contributed by atoms with Crippen LogP contribution in [0.2, 0.25) is 0 Å². The first-order valence-corrected chi connectivity index (χ1v) is 8.78. The van der Waals surface area contributed by atoms with Crippen molar-refractivity contribution in [2.75, 3.05) is 10.6 Å². The van der Waals surface area contributed by atoms with E-state index in [1.165, 1.54) is 11.8 Å². The molecular weight excluding hydrogens is 326 g/mol. The maximum absolute atomic E-state index is 12.6. The van der Waals surface area contributed by atoms with Crippen molar-refractivity contribution < 1.29 is 4.79 Å². The highest BCUT2D eigenvalue weighted by atomic mass is 32.2. The maximum Gasteiger partial charge on any atom is 0.244 e. The molecule has 2 N–H and O–H groups in total. The molecule has 23 heavy (non-hydrogen) atoms. The number of aromatic nitrogens is 1. The first-order valence-electron chi connectivity index (χ1n) is 7.09. The molecule has 0 radical (unpaired) electrons. The van der Waals surface area contributed by atoms with Crippen molar-refractivity contribution >= 4 is 50.6 Å². The van der Waals surface area contributed by atoms with E-state index < -0.39 is 5.25 Å². The standard InChI is InChI=1S/C17H13N3OS2/c1-10-15(16(21)19-12-7-3-2-6-11(12)18-10)23-17-20-13-8-4-5-9-14(13)22-17/h2-9,15,18H,1H2,(H,19,21). The molecule has 6 heteroatoms. The normalized spacial score (nSPS) is 17.3. The summed E-state index contributed by atoms with van der Waals surface area (Å²) in [6, 6.07) is 15.6. The monoisotopic (exact) mass is 339 g/mol. The zero-order valence-electron chi connectivity index (χ0n) is 12.1. The highest BCUT2D eigenvalue weighted by Gasteiger charge is 2.28. The van der Waals surface area contributed by atoms with Crippen molar-refractivity contribution in [3.05, 3.63) is 60.8 Å². The van der Waals surface area contributed by atoms with Crippen molar-refractivity contribution in [1.29, 1.82) is 0 Å². The molecule has 4 nitrogen and oxygen atoms in total. The fraction of sp³-hybridized carbons (Fsp3) is 0.0588. The van der Waals surface area contributed by atoms with Gasteiger partial charge in [0.05, 0.1) is 21.6 Å². The summed E-state index contributed by atoms with van der Waals surface area (Å²) in [6.07, 6.45) is 0. The van der Waals surface area contributed by atoms with Gasteiger partial charge >= 0.3 is 0 Å². The lowest BCUT2D eigenvalue weighted by atomic mass is 10.2. The van der Waals surface area contributed by atoms with Crippen LogP contribution in [0.1, 0.15) is 0 Å². The Labute approximate surface area is 141 Å². The molecular formula is C17H13N3OS2. The zero-order valence-corrected chi connectivity index (χ0v) is 13.7. The number of anilines is 2. The van der Waals surface area contributed by atoms with Gasteiger partial charge in [0, 0.05) is 5.70 Å². The van der Waals surface area contributed by atoms with E-state index in [-0.39, 0.29) is 5.91 Å². The van der Waals surface area contributed by atoms with Gasteiger partial charge in [-0.05, 0) is 24.3 Å². The molecule has 1 amide bonds. The van der Waals surface area contributed by atoms with Crippen LogP contribution in [0.3, 0.4) is 0 Å². The number of benzene rings is 2. The summed E-state index contributed by atoms with van der Waals surface area (Å²) in [5.41, 5.74) is 3.25. The summed E-state index contributed by atoms with van der Waals surface area (Å²) < 4.78 is 1.98. The molecule has 1 aromatic heterocycles. The third kappa shape index (κ3) is 2.71. The summed E-state index contributed by atoms with van der Waals surface area (Å²) in [6.45, 7) is 4.04. The van der Waals surface area contributed by atoms with Crippen molar-refractivity contribution in [2.24, 2.45) is 0 Å². The molecule has 0 aliphatic carbocycles. The maximum atomic E-state index is 12.6. The van der Waals surface area contributed by atoms with Crippen molar-refractivity contribution in [3.8, 4) is 0 Å². The Bertz CT molecular complexity index is 849. The molecule has 114 valence electrons. The van der Waals surface area contributed by atoms with Crippen molar-refractivity contribution in [2.45, 2.75) is 9.59 Å². The van der Waals surface area contributed by atoms with Crippen LogP contribution < -0.4 is 10.6 Å². The van der Waals surface area contributed by atoms with Gasteiger partial charge in [0.1, 0.15) is 5.25 Å². The SMILES string of the molecule is C=C1Nc2ccccc2NC(=O)C1Sc1nc2ccccc2s1. The lowest BCUT2D eigenvalue weighted by molar-refractivity contribution is -0.115. The molecule has 0 spiro atoms. The van der Waals surface area contributed by atoms with E-state index in [0.29, 0.717) is 5.70 Å². The van der Waals surface area contributed by atoms with Gasteiger partial charge in [-0.25, -0.2) is 4.98 Å². The number of fused-ring (bicyclic) bond motifs is 2. The van der Waals surface area contributed by atoms with Gasteiger partial charge in [-0.2, -0.15) is 0 Å². The number of para-hydroxylation sites is 3. The number of rotatable bonds is 2. The van der Waals surface area contributed by atoms with E-state index in [0.717, 1.165) is 25.9 Å². The largest absolute Gasteiger partial charge is 0.356 e. The number of thiazole rings is 1. The minimum absolute atomic E-state index is 0.0864. The summed E-state index contributed by atoms with van der Waals surface area (Å²) in [5, 5.41) is 5.76. The molecule has 0 saturated heterocycles. The Morgan fingerprint density at radius 2 is 1.74 bits per heavy atom. The second-order valence-corrected chi connectivity index (χ2v) is 7.51. The van der Waals surface area contributed by atoms with Crippen LogP contribution in [0, 0.1) is 0 Å².